The van der Waals surface area contributed by atoms with Crippen molar-refractivity contribution in [2.24, 2.45) is 0 Å². The Morgan fingerprint density at radius 3 is 1.78 bits per heavy atom. The van der Waals surface area contributed by atoms with E-state index < -0.39 is 0 Å². The molecular formula is C28H24N4. The number of benzene rings is 4. The fraction of sp³-hybridized carbons (Fsp3) is 0.0714. The van der Waals surface area contributed by atoms with E-state index in [-0.39, 0.29) is 0 Å². The second-order valence-corrected chi connectivity index (χ2v) is 7.72. The fourth-order valence-electron chi connectivity index (χ4n) is 3.89. The summed E-state index contributed by atoms with van der Waals surface area (Å²) in [4.78, 5) is 10.4. The zero-order valence-electron chi connectivity index (χ0n) is 17.9. The molecule has 4 aromatic carbocycles. The molecule has 0 spiro atoms. The topological polar surface area (TPSA) is 63.8 Å². The molecule has 0 fully saturated rings. The average Bonchev–Trinajstić information content (AvgIpc) is 2.86. The largest absolute Gasteiger partial charge is 0.399 e. The van der Waals surface area contributed by atoms with Crippen molar-refractivity contribution < 1.29 is 0 Å². The van der Waals surface area contributed by atoms with Gasteiger partial charge < -0.3 is 11.1 Å². The predicted molar refractivity (Wildman–Crippen MR) is 134 cm³/mol. The molecule has 4 nitrogen and oxygen atoms in total. The number of nitrogens with zero attached hydrogens (tertiary/aromatic N) is 2. The highest BCUT2D eigenvalue weighted by Gasteiger charge is 2.17. The van der Waals surface area contributed by atoms with Crippen molar-refractivity contribution in [2.75, 3.05) is 11.1 Å². The maximum atomic E-state index is 5.85. The van der Waals surface area contributed by atoms with E-state index in [0.717, 1.165) is 57.0 Å². The van der Waals surface area contributed by atoms with Gasteiger partial charge in [-0.2, -0.15) is 0 Å². The molecule has 1 aromatic heterocycles. The van der Waals surface area contributed by atoms with Crippen molar-refractivity contribution in [2.45, 2.75) is 13.3 Å². The normalized spacial score (nSPS) is 10.9. The minimum Gasteiger partial charge on any atom is -0.399 e. The van der Waals surface area contributed by atoms with Crippen LogP contribution in [0.1, 0.15) is 12.5 Å². The molecule has 0 unspecified atom stereocenters. The summed E-state index contributed by atoms with van der Waals surface area (Å²) >= 11 is 0. The van der Waals surface area contributed by atoms with Crippen LogP contribution in [0.5, 0.6) is 0 Å². The monoisotopic (exact) mass is 416 g/mol. The summed E-state index contributed by atoms with van der Waals surface area (Å²) < 4.78 is 0. The van der Waals surface area contributed by atoms with E-state index in [9.17, 15) is 0 Å². The number of fused-ring (bicyclic) bond motifs is 1. The van der Waals surface area contributed by atoms with Crippen LogP contribution in [0.15, 0.2) is 97.1 Å². The Kier molecular flexibility index (Phi) is 5.26. The summed E-state index contributed by atoms with van der Waals surface area (Å²) in [6.07, 6.45) is 0.881. The van der Waals surface area contributed by atoms with Crippen molar-refractivity contribution in [1.29, 1.82) is 0 Å². The molecule has 0 atom stereocenters. The number of anilines is 3. The first kappa shape index (κ1) is 19.8. The van der Waals surface area contributed by atoms with Crippen molar-refractivity contribution in [3.63, 3.8) is 0 Å². The minimum absolute atomic E-state index is 0.736. The van der Waals surface area contributed by atoms with Gasteiger partial charge in [-0.15, -0.1) is 0 Å². The third-order valence-corrected chi connectivity index (χ3v) is 5.57. The van der Waals surface area contributed by atoms with E-state index in [1.54, 1.807) is 0 Å². The summed E-state index contributed by atoms with van der Waals surface area (Å²) in [5, 5.41) is 3.51. The molecule has 3 N–H and O–H groups in total. The van der Waals surface area contributed by atoms with Gasteiger partial charge in [0.1, 0.15) is 5.52 Å². The highest BCUT2D eigenvalue weighted by atomic mass is 14.9. The summed E-state index contributed by atoms with van der Waals surface area (Å²) in [6, 6.07) is 32.5. The van der Waals surface area contributed by atoms with Crippen LogP contribution in [-0.4, -0.2) is 9.97 Å². The lowest BCUT2D eigenvalue weighted by atomic mass is 10.0. The third kappa shape index (κ3) is 3.79. The first-order chi connectivity index (χ1) is 15.7. The van der Waals surface area contributed by atoms with Gasteiger partial charge in [0, 0.05) is 22.5 Å². The van der Waals surface area contributed by atoms with E-state index in [0.29, 0.717) is 0 Å². The van der Waals surface area contributed by atoms with E-state index in [4.69, 9.17) is 15.7 Å². The zero-order valence-corrected chi connectivity index (χ0v) is 17.9. The number of hydrogen-bond acceptors (Lipinski definition) is 4. The molecule has 0 aliphatic rings. The predicted octanol–water partition coefficient (Wildman–Crippen LogP) is 6.85. The van der Waals surface area contributed by atoms with Crippen LogP contribution in [0.2, 0.25) is 0 Å². The Morgan fingerprint density at radius 2 is 1.22 bits per heavy atom. The molecule has 1 heterocycles. The zero-order chi connectivity index (χ0) is 21.9. The van der Waals surface area contributed by atoms with Crippen LogP contribution in [0, 0.1) is 0 Å². The molecule has 156 valence electrons. The maximum absolute atomic E-state index is 5.85. The van der Waals surface area contributed by atoms with E-state index >= 15 is 0 Å². The fourth-order valence-corrected chi connectivity index (χ4v) is 3.89. The molecule has 5 rings (SSSR count). The molecule has 0 bridgehead atoms. The Morgan fingerprint density at radius 1 is 0.656 bits per heavy atom. The van der Waals surface area contributed by atoms with Crippen molar-refractivity contribution >= 4 is 28.1 Å². The van der Waals surface area contributed by atoms with Gasteiger partial charge >= 0.3 is 0 Å². The number of aryl methyl sites for hydroxylation is 1. The number of aromatic nitrogens is 2. The van der Waals surface area contributed by atoms with Crippen molar-refractivity contribution in [3.8, 4) is 22.5 Å². The van der Waals surface area contributed by atoms with Gasteiger partial charge in [-0.05, 0) is 42.3 Å². The van der Waals surface area contributed by atoms with Crippen LogP contribution in [0.25, 0.3) is 33.5 Å². The standard InChI is InChI=1S/C28H24N4/c1-2-19-13-18-24(30-23-16-14-22(29)15-17-23)28-25(19)31-26(20-9-5-3-6-10-20)27(32-28)21-11-7-4-8-12-21/h3-18,30H,2,29H2,1H3. The highest BCUT2D eigenvalue weighted by molar-refractivity contribution is 5.96. The smallest absolute Gasteiger partial charge is 0.113 e. The van der Waals surface area contributed by atoms with Gasteiger partial charge in [0.05, 0.1) is 22.6 Å². The molecule has 32 heavy (non-hydrogen) atoms. The molecule has 5 aromatic rings. The summed E-state index contributed by atoms with van der Waals surface area (Å²) in [7, 11) is 0. The Balaban J connectivity index is 1.76. The Labute approximate surface area is 187 Å². The summed E-state index contributed by atoms with van der Waals surface area (Å²) in [5.41, 5.74) is 15.3. The van der Waals surface area contributed by atoms with Gasteiger partial charge in [-0.3, -0.25) is 0 Å². The van der Waals surface area contributed by atoms with Gasteiger partial charge in [0.25, 0.3) is 0 Å². The van der Waals surface area contributed by atoms with E-state index in [2.05, 4.69) is 48.6 Å². The third-order valence-electron chi connectivity index (χ3n) is 5.57. The quantitative estimate of drug-likeness (QED) is 0.307. The molecule has 0 saturated carbocycles. The van der Waals surface area contributed by atoms with Gasteiger partial charge in [-0.25, -0.2) is 9.97 Å². The number of nitrogen functional groups attached to an aromatic ring is 1. The van der Waals surface area contributed by atoms with E-state index in [1.165, 1.54) is 5.56 Å². The number of hydrogen-bond donors (Lipinski definition) is 2. The lowest BCUT2D eigenvalue weighted by Gasteiger charge is -2.16. The number of rotatable bonds is 5. The number of nitrogens with two attached hydrogens (primary N) is 1. The van der Waals surface area contributed by atoms with Crippen LogP contribution >= 0.6 is 0 Å². The number of nitrogens with one attached hydrogen (secondary N) is 1. The highest BCUT2D eigenvalue weighted by Crippen LogP contribution is 2.35. The second-order valence-electron chi connectivity index (χ2n) is 7.72. The second kappa shape index (κ2) is 8.52. The van der Waals surface area contributed by atoms with Gasteiger partial charge in [0.15, 0.2) is 0 Å². The van der Waals surface area contributed by atoms with Crippen LogP contribution in [-0.2, 0) is 6.42 Å². The molecule has 0 radical (unpaired) electrons. The van der Waals surface area contributed by atoms with Crippen LogP contribution in [0.4, 0.5) is 17.1 Å². The summed E-state index contributed by atoms with van der Waals surface area (Å²) in [6.45, 7) is 2.15. The van der Waals surface area contributed by atoms with Gasteiger partial charge in [-0.1, -0.05) is 73.7 Å². The van der Waals surface area contributed by atoms with Crippen LogP contribution < -0.4 is 11.1 Å². The van der Waals surface area contributed by atoms with E-state index in [1.807, 2.05) is 60.7 Å². The minimum atomic E-state index is 0.736. The van der Waals surface area contributed by atoms with Gasteiger partial charge in [0.2, 0.25) is 0 Å². The SMILES string of the molecule is CCc1ccc(Nc2ccc(N)cc2)c2nc(-c3ccccc3)c(-c3ccccc3)nc12. The molecule has 0 aliphatic carbocycles. The Bertz CT molecular complexity index is 1360. The Hall–Kier alpha value is -4.18. The first-order valence-electron chi connectivity index (χ1n) is 10.8. The van der Waals surface area contributed by atoms with Crippen molar-refractivity contribution in [3.05, 3.63) is 103 Å². The van der Waals surface area contributed by atoms with Crippen molar-refractivity contribution in [1.82, 2.24) is 9.97 Å². The average molecular weight is 417 g/mol. The molecule has 0 aliphatic heterocycles. The lowest BCUT2D eigenvalue weighted by Crippen LogP contribution is -2.01. The molecule has 4 heteroatoms. The lowest BCUT2D eigenvalue weighted by molar-refractivity contribution is 1.14. The molecular weight excluding hydrogens is 392 g/mol. The molecule has 0 amide bonds. The summed E-state index contributed by atoms with van der Waals surface area (Å²) in [5.74, 6) is 0. The first-order valence-corrected chi connectivity index (χ1v) is 10.8. The molecule has 0 saturated heterocycles. The maximum Gasteiger partial charge on any atom is 0.113 e. The van der Waals surface area contributed by atoms with Crippen LogP contribution in [0.3, 0.4) is 0 Å².